The van der Waals surface area contributed by atoms with E-state index in [-0.39, 0.29) is 38.2 Å². The van der Waals surface area contributed by atoms with E-state index in [1.807, 2.05) is 0 Å². The third kappa shape index (κ3) is 19.6. The van der Waals surface area contributed by atoms with E-state index in [1.165, 1.54) is 0 Å². The zero-order chi connectivity index (χ0) is 0. The van der Waals surface area contributed by atoms with Gasteiger partial charge in [0, 0.05) is 21.1 Å². The largest absolute Gasteiger partial charge is 2.00 e. The van der Waals surface area contributed by atoms with Gasteiger partial charge in [-0.05, 0) is 0 Å². The molecule has 4 heavy (non-hydrogen) atoms. The molecule has 0 aliphatic heterocycles. The first-order valence-electron chi connectivity index (χ1n) is 0. The average molecular weight is 148 g/mol. The third-order valence-electron chi connectivity index (χ3n) is 0. The van der Waals surface area contributed by atoms with Crippen LogP contribution in [0, 0.1) is 0 Å². The van der Waals surface area contributed by atoms with Gasteiger partial charge < -0.3 is 17.1 Å². The van der Waals surface area contributed by atoms with Gasteiger partial charge in [-0.3, -0.25) is 0 Å². The summed E-state index contributed by atoms with van der Waals surface area (Å²) in [7, 11) is 0. The fraction of sp³-hybridized carbons (Fsp3) is 0. The van der Waals surface area contributed by atoms with Crippen LogP contribution in [0.15, 0.2) is 0 Å². The molecule has 0 saturated carbocycles. The Morgan fingerprint density at radius 2 is 1.00 bits per heavy atom. The molecular formula is H6MoNO2-. The van der Waals surface area contributed by atoms with Crippen LogP contribution >= 0.6 is 0 Å². The van der Waals surface area contributed by atoms with E-state index in [0.29, 0.717) is 0 Å². The quantitative estimate of drug-likeness (QED) is 0.445. The first-order valence-corrected chi connectivity index (χ1v) is 0. The minimum atomic E-state index is 0. The molecule has 30 valence electrons. The molecule has 0 radical (unpaired) electrons. The Morgan fingerprint density at radius 1 is 1.00 bits per heavy atom. The fourth-order valence-electron chi connectivity index (χ4n) is 0. The van der Waals surface area contributed by atoms with Crippen molar-refractivity contribution in [2.75, 3.05) is 0 Å². The summed E-state index contributed by atoms with van der Waals surface area (Å²) in [4.78, 5) is 0. The molecular weight excluding hydrogens is 142 g/mol. The molecule has 3 nitrogen and oxygen atoms in total. The zero-order valence-electron chi connectivity index (χ0n) is 2.32. The minimum absolute atomic E-state index is 0. The average Bonchev–Trinajstić information content (AvgIpc) is 0. The van der Waals surface area contributed by atoms with Crippen LogP contribution in [0.1, 0.15) is 0 Å². The summed E-state index contributed by atoms with van der Waals surface area (Å²) in [6.45, 7) is 0. The predicted octanol–water partition coefficient (Wildman–Crippen LogP) is -0.570. The molecule has 0 aliphatic carbocycles. The van der Waals surface area contributed by atoms with Crippen LogP contribution < -0.4 is 6.15 Å². The van der Waals surface area contributed by atoms with Gasteiger partial charge in [0.1, 0.15) is 0 Å². The van der Waals surface area contributed by atoms with Crippen LogP contribution in [0.5, 0.6) is 0 Å². The molecule has 0 aromatic rings. The minimum Gasteiger partial charge on any atom is -2.00 e. The van der Waals surface area contributed by atoms with E-state index in [9.17, 15) is 0 Å². The van der Waals surface area contributed by atoms with Gasteiger partial charge in [-0.1, -0.05) is 0 Å². The Labute approximate surface area is 38.9 Å². The maximum Gasteiger partial charge on any atom is 0 e. The van der Waals surface area contributed by atoms with Crippen molar-refractivity contribution in [3.8, 4) is 0 Å². The smallest absolute Gasteiger partial charge is 0 e. The Bertz CT molecular complexity index is 6.00. The van der Waals surface area contributed by atoms with E-state index in [1.54, 1.807) is 0 Å². The maximum absolute atomic E-state index is 0. The molecule has 4 heteroatoms. The molecule has 6 N–H and O–H groups in total. The Kier molecular flexibility index (Phi) is 3280. The van der Waals surface area contributed by atoms with Crippen molar-refractivity contribution in [3.63, 3.8) is 0 Å². The van der Waals surface area contributed by atoms with Crippen molar-refractivity contribution in [1.29, 1.82) is 0 Å². The first-order chi connectivity index (χ1) is 0. The van der Waals surface area contributed by atoms with Gasteiger partial charge in [0.05, 0.1) is 0 Å². The second kappa shape index (κ2) is 72.9. The SMILES string of the molecule is O.[Mo].[NH4+].[O-2]. The molecule has 0 atom stereocenters. The van der Waals surface area contributed by atoms with E-state index in [4.69, 9.17) is 0 Å². The molecule has 0 heterocycles. The molecule has 0 aliphatic rings. The molecule has 0 spiro atoms. The summed E-state index contributed by atoms with van der Waals surface area (Å²) < 4.78 is 0. The summed E-state index contributed by atoms with van der Waals surface area (Å²) >= 11 is 0. The van der Waals surface area contributed by atoms with Gasteiger partial charge in [0.15, 0.2) is 0 Å². The van der Waals surface area contributed by atoms with Crippen LogP contribution in [0.25, 0.3) is 0 Å². The van der Waals surface area contributed by atoms with Crippen molar-refractivity contribution < 1.29 is 32.0 Å². The van der Waals surface area contributed by atoms with Gasteiger partial charge >= 0.3 is 0 Å². The van der Waals surface area contributed by atoms with Crippen LogP contribution in [0.2, 0.25) is 0 Å². The second-order valence-electron chi connectivity index (χ2n) is 0. The van der Waals surface area contributed by atoms with Gasteiger partial charge in [0.25, 0.3) is 0 Å². The first kappa shape index (κ1) is 180. The molecule has 0 unspecified atom stereocenters. The van der Waals surface area contributed by atoms with Gasteiger partial charge in [-0.25, -0.2) is 0 Å². The summed E-state index contributed by atoms with van der Waals surface area (Å²) in [5.41, 5.74) is 0. The molecule has 0 aromatic heterocycles. The standard InChI is InChI=1S/Mo.H3N.H2O.O/h;1H3;1H2;/q;;;-2/p+1. The van der Waals surface area contributed by atoms with E-state index < -0.39 is 0 Å². The van der Waals surface area contributed by atoms with Crippen molar-refractivity contribution >= 4 is 0 Å². The van der Waals surface area contributed by atoms with E-state index in [2.05, 4.69) is 0 Å². The van der Waals surface area contributed by atoms with Crippen molar-refractivity contribution in [2.24, 2.45) is 0 Å². The van der Waals surface area contributed by atoms with Crippen molar-refractivity contribution in [3.05, 3.63) is 0 Å². The molecule has 0 rings (SSSR count). The number of hydrogen-bond acceptors (Lipinski definition) is 0. The van der Waals surface area contributed by atoms with Crippen LogP contribution in [-0.4, -0.2) is 5.48 Å². The molecule has 0 amide bonds. The third-order valence-corrected chi connectivity index (χ3v) is 0. The van der Waals surface area contributed by atoms with Gasteiger partial charge in [-0.15, -0.1) is 0 Å². The Balaban J connectivity index is 0. The number of rotatable bonds is 0. The summed E-state index contributed by atoms with van der Waals surface area (Å²) in [5, 5.41) is 0. The van der Waals surface area contributed by atoms with Crippen LogP contribution in [0.3, 0.4) is 0 Å². The monoisotopic (exact) mass is 150 g/mol. The molecule has 0 bridgehead atoms. The molecule has 0 saturated heterocycles. The molecule has 0 fully saturated rings. The number of quaternary nitrogens is 1. The van der Waals surface area contributed by atoms with Crippen molar-refractivity contribution in [2.45, 2.75) is 0 Å². The van der Waals surface area contributed by atoms with E-state index in [0.717, 1.165) is 0 Å². The fourth-order valence-corrected chi connectivity index (χ4v) is 0. The van der Waals surface area contributed by atoms with Crippen molar-refractivity contribution in [1.82, 2.24) is 6.15 Å². The Morgan fingerprint density at radius 3 is 1.00 bits per heavy atom. The van der Waals surface area contributed by atoms with Crippen LogP contribution in [0.4, 0.5) is 0 Å². The van der Waals surface area contributed by atoms with Gasteiger partial charge in [0.2, 0.25) is 0 Å². The normalized spacial score (nSPS) is 0. The summed E-state index contributed by atoms with van der Waals surface area (Å²) in [5.74, 6) is 0. The second-order valence-corrected chi connectivity index (χ2v) is 0. The summed E-state index contributed by atoms with van der Waals surface area (Å²) in [6.07, 6.45) is 0. The van der Waals surface area contributed by atoms with Crippen LogP contribution in [-0.2, 0) is 26.5 Å². The topological polar surface area (TPSA) is 96.5 Å². The van der Waals surface area contributed by atoms with E-state index >= 15 is 0 Å². The Hall–Kier alpha value is 0.568. The maximum atomic E-state index is 0. The molecule has 0 aromatic carbocycles. The zero-order valence-corrected chi connectivity index (χ0v) is 4.32. The predicted molar refractivity (Wildman–Crippen MR) is 10.3 cm³/mol. The van der Waals surface area contributed by atoms with Gasteiger partial charge in [-0.2, -0.15) is 0 Å². The number of hydrogen-bond donors (Lipinski definition) is 1. The summed E-state index contributed by atoms with van der Waals surface area (Å²) in [6, 6.07) is 0.